The Morgan fingerprint density at radius 1 is 1.04 bits per heavy atom. The zero-order chi connectivity index (χ0) is 17.1. The number of ether oxygens (including phenoxy) is 1. The number of anilines is 1. The molecule has 0 fully saturated rings. The van der Waals surface area contributed by atoms with Crippen molar-refractivity contribution in [2.24, 2.45) is 0 Å². The second-order valence-electron chi connectivity index (χ2n) is 5.73. The van der Waals surface area contributed by atoms with Crippen LogP contribution in [-0.4, -0.2) is 19.6 Å². The first-order valence-electron chi connectivity index (χ1n) is 8.10. The molecule has 0 spiro atoms. The summed E-state index contributed by atoms with van der Waals surface area (Å²) >= 11 is 0. The van der Waals surface area contributed by atoms with Crippen molar-refractivity contribution in [1.82, 2.24) is 0 Å². The molecule has 0 N–H and O–H groups in total. The van der Waals surface area contributed by atoms with Crippen molar-refractivity contribution < 1.29 is 9.53 Å². The molecule has 122 valence electrons. The Balaban J connectivity index is 2.06. The van der Waals surface area contributed by atoms with Crippen LogP contribution in [0, 0.1) is 6.92 Å². The lowest BCUT2D eigenvalue weighted by Crippen LogP contribution is -2.30. The Hall–Kier alpha value is -2.81. The van der Waals surface area contributed by atoms with E-state index in [1.165, 1.54) is 0 Å². The van der Waals surface area contributed by atoms with E-state index in [0.717, 1.165) is 27.8 Å². The maximum atomic E-state index is 13.1. The molecule has 3 rings (SSSR count). The van der Waals surface area contributed by atoms with Gasteiger partial charge in [0.1, 0.15) is 5.75 Å². The molecule has 3 aromatic carbocycles. The zero-order valence-corrected chi connectivity index (χ0v) is 14.2. The summed E-state index contributed by atoms with van der Waals surface area (Å²) in [6, 6.07) is 19.8. The van der Waals surface area contributed by atoms with Gasteiger partial charge in [0.25, 0.3) is 5.91 Å². The third kappa shape index (κ3) is 2.85. The fourth-order valence-corrected chi connectivity index (χ4v) is 2.98. The molecule has 3 heteroatoms. The monoisotopic (exact) mass is 319 g/mol. The highest BCUT2D eigenvalue weighted by Gasteiger charge is 2.19. The highest BCUT2D eigenvalue weighted by Crippen LogP contribution is 2.28. The molecule has 0 aliphatic carbocycles. The predicted octanol–water partition coefficient (Wildman–Crippen LogP) is 4.82. The maximum Gasteiger partial charge on any atom is 0.258 e. The van der Waals surface area contributed by atoms with Crippen LogP contribution in [-0.2, 0) is 0 Å². The van der Waals surface area contributed by atoms with E-state index in [-0.39, 0.29) is 5.91 Å². The van der Waals surface area contributed by atoms with Crippen molar-refractivity contribution in [3.8, 4) is 5.75 Å². The van der Waals surface area contributed by atoms with Crippen molar-refractivity contribution in [3.63, 3.8) is 0 Å². The van der Waals surface area contributed by atoms with E-state index < -0.39 is 0 Å². The van der Waals surface area contributed by atoms with Crippen LogP contribution in [0.2, 0.25) is 0 Å². The molecule has 0 bridgehead atoms. The third-order valence-corrected chi connectivity index (χ3v) is 4.27. The number of amides is 1. The Morgan fingerprint density at radius 2 is 1.79 bits per heavy atom. The summed E-state index contributed by atoms with van der Waals surface area (Å²) in [7, 11) is 1.62. The van der Waals surface area contributed by atoms with E-state index in [2.05, 4.69) is 18.2 Å². The van der Waals surface area contributed by atoms with Crippen molar-refractivity contribution in [3.05, 3.63) is 71.8 Å². The number of carbonyl (C=O) groups excluding carboxylic acids is 1. The van der Waals surface area contributed by atoms with Crippen LogP contribution >= 0.6 is 0 Å². The van der Waals surface area contributed by atoms with Gasteiger partial charge in [0.15, 0.2) is 0 Å². The van der Waals surface area contributed by atoms with Gasteiger partial charge in [0.2, 0.25) is 0 Å². The third-order valence-electron chi connectivity index (χ3n) is 4.27. The summed E-state index contributed by atoms with van der Waals surface area (Å²) in [6.07, 6.45) is 0. The quantitative estimate of drug-likeness (QED) is 0.690. The van der Waals surface area contributed by atoms with E-state index in [0.29, 0.717) is 12.1 Å². The number of benzene rings is 3. The minimum absolute atomic E-state index is 0.0212. The van der Waals surface area contributed by atoms with E-state index in [1.54, 1.807) is 7.11 Å². The Morgan fingerprint density at radius 3 is 2.54 bits per heavy atom. The van der Waals surface area contributed by atoms with Crippen LogP contribution in [0.15, 0.2) is 60.7 Å². The normalized spacial score (nSPS) is 10.6. The fraction of sp³-hybridized carbons (Fsp3) is 0.190. The average molecular weight is 319 g/mol. The summed E-state index contributed by atoms with van der Waals surface area (Å²) in [5.74, 6) is 0.710. The fourth-order valence-electron chi connectivity index (χ4n) is 2.98. The van der Waals surface area contributed by atoms with E-state index in [4.69, 9.17) is 4.74 Å². The van der Waals surface area contributed by atoms with Gasteiger partial charge in [-0.1, -0.05) is 42.5 Å². The molecule has 24 heavy (non-hydrogen) atoms. The lowest BCUT2D eigenvalue weighted by Gasteiger charge is -2.23. The number of rotatable bonds is 4. The predicted molar refractivity (Wildman–Crippen MR) is 99.0 cm³/mol. The maximum absolute atomic E-state index is 13.1. The van der Waals surface area contributed by atoms with Crippen LogP contribution < -0.4 is 9.64 Å². The molecule has 0 heterocycles. The van der Waals surface area contributed by atoms with Crippen LogP contribution in [0.5, 0.6) is 5.75 Å². The van der Waals surface area contributed by atoms with Gasteiger partial charge >= 0.3 is 0 Å². The summed E-state index contributed by atoms with van der Waals surface area (Å²) in [5.41, 5.74) is 2.58. The van der Waals surface area contributed by atoms with Crippen molar-refractivity contribution in [2.75, 3.05) is 18.6 Å². The second-order valence-corrected chi connectivity index (χ2v) is 5.73. The smallest absolute Gasteiger partial charge is 0.258 e. The molecular formula is C21H21NO2. The topological polar surface area (TPSA) is 29.5 Å². The highest BCUT2D eigenvalue weighted by atomic mass is 16.5. The second kappa shape index (κ2) is 6.75. The molecule has 0 unspecified atom stereocenters. The molecule has 0 aliphatic heterocycles. The van der Waals surface area contributed by atoms with Gasteiger partial charge in [-0.3, -0.25) is 4.79 Å². The molecule has 3 aromatic rings. The number of hydrogen-bond acceptors (Lipinski definition) is 2. The summed E-state index contributed by atoms with van der Waals surface area (Å²) in [5, 5.41) is 2.21. The van der Waals surface area contributed by atoms with Gasteiger partial charge in [-0.05, 0) is 43.0 Å². The lowest BCUT2D eigenvalue weighted by molar-refractivity contribution is 0.0988. The van der Waals surface area contributed by atoms with Gasteiger partial charge in [-0.25, -0.2) is 0 Å². The first-order chi connectivity index (χ1) is 11.7. The zero-order valence-electron chi connectivity index (χ0n) is 14.2. The standard InChI is InChI=1S/C21H21NO2/c1-4-22(19-11-7-9-16-8-5-6-10-18(16)19)21(23)17-13-12-15(2)20(14-17)24-3/h5-14H,4H2,1-3H3. The van der Waals surface area contributed by atoms with Gasteiger partial charge in [0, 0.05) is 17.5 Å². The number of hydrogen-bond donors (Lipinski definition) is 0. The number of aryl methyl sites for hydroxylation is 1. The highest BCUT2D eigenvalue weighted by molar-refractivity contribution is 6.10. The van der Waals surface area contributed by atoms with Crippen LogP contribution in [0.4, 0.5) is 5.69 Å². The molecule has 0 saturated carbocycles. The minimum atomic E-state index is -0.0212. The van der Waals surface area contributed by atoms with Crippen LogP contribution in [0.1, 0.15) is 22.8 Å². The Kier molecular flexibility index (Phi) is 4.52. The van der Waals surface area contributed by atoms with Crippen molar-refractivity contribution >= 4 is 22.4 Å². The SMILES string of the molecule is CCN(C(=O)c1ccc(C)c(OC)c1)c1cccc2ccccc12. The molecule has 0 aromatic heterocycles. The molecule has 0 saturated heterocycles. The molecule has 0 atom stereocenters. The Bertz CT molecular complexity index is 881. The lowest BCUT2D eigenvalue weighted by atomic mass is 10.1. The van der Waals surface area contributed by atoms with Crippen molar-refractivity contribution in [1.29, 1.82) is 0 Å². The van der Waals surface area contributed by atoms with Crippen molar-refractivity contribution in [2.45, 2.75) is 13.8 Å². The first kappa shape index (κ1) is 16.1. The van der Waals surface area contributed by atoms with Gasteiger partial charge < -0.3 is 9.64 Å². The largest absolute Gasteiger partial charge is 0.496 e. The summed E-state index contributed by atoms with van der Waals surface area (Å²) < 4.78 is 5.35. The van der Waals surface area contributed by atoms with E-state index >= 15 is 0 Å². The van der Waals surface area contributed by atoms with Crippen LogP contribution in [0.25, 0.3) is 10.8 Å². The molecule has 0 radical (unpaired) electrons. The molecule has 1 amide bonds. The molecular weight excluding hydrogens is 298 g/mol. The number of fused-ring (bicyclic) bond motifs is 1. The van der Waals surface area contributed by atoms with Gasteiger partial charge in [-0.2, -0.15) is 0 Å². The number of nitrogens with zero attached hydrogens (tertiary/aromatic N) is 1. The molecule has 0 aliphatic rings. The van der Waals surface area contributed by atoms with Gasteiger partial charge in [-0.15, -0.1) is 0 Å². The van der Waals surface area contributed by atoms with Crippen LogP contribution in [0.3, 0.4) is 0 Å². The van der Waals surface area contributed by atoms with E-state index in [1.807, 2.05) is 61.2 Å². The van der Waals surface area contributed by atoms with Gasteiger partial charge in [0.05, 0.1) is 12.8 Å². The minimum Gasteiger partial charge on any atom is -0.496 e. The average Bonchev–Trinajstić information content (AvgIpc) is 2.63. The van der Waals surface area contributed by atoms with E-state index in [9.17, 15) is 4.79 Å². The summed E-state index contributed by atoms with van der Waals surface area (Å²) in [4.78, 5) is 14.9. The Labute approximate surface area is 142 Å². The molecule has 3 nitrogen and oxygen atoms in total. The first-order valence-corrected chi connectivity index (χ1v) is 8.10. The number of methoxy groups -OCH3 is 1. The number of carbonyl (C=O) groups is 1. The summed E-state index contributed by atoms with van der Waals surface area (Å²) in [6.45, 7) is 4.56.